The molecule has 0 saturated heterocycles. The average molecular weight is 373 g/mol. The molecule has 24 heavy (non-hydrogen) atoms. The van der Waals surface area contributed by atoms with E-state index in [9.17, 15) is 14.0 Å². The normalized spacial score (nSPS) is 12.2. The van der Waals surface area contributed by atoms with Crippen molar-refractivity contribution in [2.75, 3.05) is 5.32 Å². The molecule has 2 aromatic rings. The highest BCUT2D eigenvalue weighted by Crippen LogP contribution is 2.23. The van der Waals surface area contributed by atoms with Crippen LogP contribution in [0.5, 0.6) is 0 Å². The van der Waals surface area contributed by atoms with Crippen LogP contribution in [-0.4, -0.2) is 25.9 Å². The molecule has 2 rings (SSSR count). The number of unbranched alkanes of at least 4 members (excludes halogenated alkanes) is 1. The molecule has 0 bridgehead atoms. The van der Waals surface area contributed by atoms with Gasteiger partial charge < -0.3 is 5.32 Å². The minimum absolute atomic E-state index is 0.0576. The fraction of sp³-hybridized carbons (Fsp3) is 0.400. The number of hydrogen-bond acceptors (Lipinski definition) is 4. The number of anilines is 1. The molecule has 0 aliphatic heterocycles. The molecular formula is C15H18ClFN4O2S. The van der Waals surface area contributed by atoms with Crippen LogP contribution in [0.15, 0.2) is 28.2 Å². The first-order valence-corrected chi connectivity index (χ1v) is 8.76. The Bertz CT molecular complexity index is 777. The average Bonchev–Trinajstić information content (AvgIpc) is 2.88. The lowest BCUT2D eigenvalue weighted by atomic mass is 10.3. The predicted molar refractivity (Wildman–Crippen MR) is 93.1 cm³/mol. The molecule has 0 saturated carbocycles. The van der Waals surface area contributed by atoms with E-state index in [0.29, 0.717) is 11.7 Å². The molecule has 0 spiro atoms. The summed E-state index contributed by atoms with van der Waals surface area (Å²) in [5, 5.41) is 8.97. The molecule has 1 aromatic heterocycles. The Hall–Kier alpha value is -1.80. The van der Waals surface area contributed by atoms with Gasteiger partial charge in [-0.25, -0.2) is 14.3 Å². The van der Waals surface area contributed by atoms with Crippen molar-refractivity contribution in [1.29, 1.82) is 0 Å². The Kier molecular flexibility index (Phi) is 6.44. The van der Waals surface area contributed by atoms with Crippen LogP contribution in [0.4, 0.5) is 10.1 Å². The van der Waals surface area contributed by atoms with E-state index in [1.165, 1.54) is 16.7 Å². The molecule has 1 amide bonds. The van der Waals surface area contributed by atoms with Crippen molar-refractivity contribution in [2.24, 2.45) is 0 Å². The van der Waals surface area contributed by atoms with Crippen LogP contribution in [0.1, 0.15) is 26.7 Å². The number of benzene rings is 1. The quantitative estimate of drug-likeness (QED) is 0.731. The summed E-state index contributed by atoms with van der Waals surface area (Å²) >= 11 is 6.82. The summed E-state index contributed by atoms with van der Waals surface area (Å²) < 4.78 is 15.2. The van der Waals surface area contributed by atoms with Crippen LogP contribution in [0.3, 0.4) is 0 Å². The Morgan fingerprint density at radius 1 is 1.54 bits per heavy atom. The van der Waals surface area contributed by atoms with Crippen LogP contribution in [0.25, 0.3) is 0 Å². The standard InChI is InChI=1S/C15H18ClFN4O2S/c1-3-4-7-21-14(23)19-20-15(21)24-9(2)13(22)18-12-6-5-10(16)8-11(12)17/h5-6,8-9H,3-4,7H2,1-2H3,(H,18,22)(H,19,23). The second-order valence-electron chi connectivity index (χ2n) is 5.19. The van der Waals surface area contributed by atoms with Crippen LogP contribution >= 0.6 is 23.4 Å². The Morgan fingerprint density at radius 2 is 2.29 bits per heavy atom. The van der Waals surface area contributed by atoms with E-state index < -0.39 is 17.0 Å². The van der Waals surface area contributed by atoms with Crippen molar-refractivity contribution < 1.29 is 9.18 Å². The van der Waals surface area contributed by atoms with E-state index in [2.05, 4.69) is 15.5 Å². The van der Waals surface area contributed by atoms with E-state index in [1.54, 1.807) is 6.92 Å². The highest BCUT2D eigenvalue weighted by molar-refractivity contribution is 8.00. The van der Waals surface area contributed by atoms with Gasteiger partial charge in [0, 0.05) is 11.6 Å². The van der Waals surface area contributed by atoms with Gasteiger partial charge in [0.1, 0.15) is 5.82 Å². The molecule has 0 aliphatic rings. The monoisotopic (exact) mass is 372 g/mol. The van der Waals surface area contributed by atoms with E-state index >= 15 is 0 Å². The molecule has 1 unspecified atom stereocenters. The van der Waals surface area contributed by atoms with E-state index in [0.717, 1.165) is 30.7 Å². The topological polar surface area (TPSA) is 79.8 Å². The molecule has 2 N–H and O–H groups in total. The number of aromatic amines is 1. The van der Waals surface area contributed by atoms with Crippen molar-refractivity contribution in [1.82, 2.24) is 14.8 Å². The largest absolute Gasteiger partial charge is 0.343 e. The number of nitrogens with one attached hydrogen (secondary N) is 2. The first kappa shape index (κ1) is 18.5. The molecular weight excluding hydrogens is 355 g/mol. The van der Waals surface area contributed by atoms with Gasteiger partial charge in [-0.15, -0.1) is 5.10 Å². The van der Waals surface area contributed by atoms with Crippen LogP contribution in [0.2, 0.25) is 5.02 Å². The Morgan fingerprint density at radius 3 is 2.96 bits per heavy atom. The third-order valence-electron chi connectivity index (χ3n) is 3.30. The van der Waals surface area contributed by atoms with Crippen molar-refractivity contribution in [2.45, 2.75) is 43.6 Å². The van der Waals surface area contributed by atoms with Crippen molar-refractivity contribution >= 4 is 35.0 Å². The third-order valence-corrected chi connectivity index (χ3v) is 4.62. The van der Waals surface area contributed by atoms with Gasteiger partial charge >= 0.3 is 5.69 Å². The highest BCUT2D eigenvalue weighted by atomic mass is 35.5. The highest BCUT2D eigenvalue weighted by Gasteiger charge is 2.20. The Balaban J connectivity index is 2.05. The second kappa shape index (κ2) is 8.34. The molecule has 130 valence electrons. The fourth-order valence-corrected chi connectivity index (χ4v) is 2.98. The number of thioether (sulfide) groups is 1. The number of rotatable bonds is 7. The van der Waals surface area contributed by atoms with Crippen molar-refractivity contribution in [3.63, 3.8) is 0 Å². The number of nitrogens with zero attached hydrogens (tertiary/aromatic N) is 2. The van der Waals surface area contributed by atoms with E-state index in [-0.39, 0.29) is 16.4 Å². The zero-order valence-corrected chi connectivity index (χ0v) is 14.9. The van der Waals surface area contributed by atoms with Gasteiger partial charge in [-0.05, 0) is 31.5 Å². The predicted octanol–water partition coefficient (Wildman–Crippen LogP) is 3.28. The summed E-state index contributed by atoms with van der Waals surface area (Å²) in [5.41, 5.74) is -0.246. The number of H-pyrrole nitrogens is 1. The maximum Gasteiger partial charge on any atom is 0.343 e. The smallest absolute Gasteiger partial charge is 0.323 e. The lowest BCUT2D eigenvalue weighted by Crippen LogP contribution is -2.24. The van der Waals surface area contributed by atoms with Crippen molar-refractivity contribution in [3.8, 4) is 0 Å². The first-order valence-electron chi connectivity index (χ1n) is 7.50. The molecule has 0 aliphatic carbocycles. The lowest BCUT2D eigenvalue weighted by molar-refractivity contribution is -0.115. The van der Waals surface area contributed by atoms with Gasteiger partial charge in [0.05, 0.1) is 10.9 Å². The number of halogens is 2. The molecule has 1 atom stereocenters. The summed E-state index contributed by atoms with van der Waals surface area (Å²) in [6, 6.07) is 4.03. The van der Waals surface area contributed by atoms with Gasteiger partial charge in [0.15, 0.2) is 5.16 Å². The molecule has 6 nitrogen and oxygen atoms in total. The molecule has 0 fully saturated rings. The number of carbonyl (C=O) groups is 1. The first-order chi connectivity index (χ1) is 11.4. The zero-order valence-electron chi connectivity index (χ0n) is 13.3. The number of aromatic nitrogens is 3. The summed E-state index contributed by atoms with van der Waals surface area (Å²) in [6.45, 7) is 4.22. The molecule has 1 heterocycles. The summed E-state index contributed by atoms with van der Waals surface area (Å²) in [5.74, 6) is -0.994. The summed E-state index contributed by atoms with van der Waals surface area (Å²) in [6.07, 6.45) is 1.77. The fourth-order valence-electron chi connectivity index (χ4n) is 1.94. The second-order valence-corrected chi connectivity index (χ2v) is 6.93. The number of amides is 1. The van der Waals surface area contributed by atoms with E-state index in [1.807, 2.05) is 6.92 Å². The maximum atomic E-state index is 13.7. The molecule has 9 heteroatoms. The molecule has 1 aromatic carbocycles. The van der Waals surface area contributed by atoms with Crippen LogP contribution in [-0.2, 0) is 11.3 Å². The SMILES string of the molecule is CCCCn1c(SC(C)C(=O)Nc2ccc(Cl)cc2F)n[nH]c1=O. The Labute approximate surface area is 147 Å². The zero-order chi connectivity index (χ0) is 17.7. The number of hydrogen-bond donors (Lipinski definition) is 2. The maximum absolute atomic E-state index is 13.7. The van der Waals surface area contributed by atoms with Crippen molar-refractivity contribution in [3.05, 3.63) is 39.5 Å². The summed E-state index contributed by atoms with van der Waals surface area (Å²) in [7, 11) is 0. The van der Waals surface area contributed by atoms with E-state index in [4.69, 9.17) is 11.6 Å². The van der Waals surface area contributed by atoms with Gasteiger partial charge in [-0.2, -0.15) is 0 Å². The lowest BCUT2D eigenvalue weighted by Gasteiger charge is -2.12. The third kappa shape index (κ3) is 4.61. The molecule has 0 radical (unpaired) electrons. The minimum atomic E-state index is -0.604. The minimum Gasteiger partial charge on any atom is -0.323 e. The van der Waals surface area contributed by atoms with Gasteiger partial charge in [-0.1, -0.05) is 36.7 Å². The van der Waals surface area contributed by atoms with Gasteiger partial charge in [0.25, 0.3) is 0 Å². The number of carbonyl (C=O) groups excluding carboxylic acids is 1. The van der Waals surface area contributed by atoms with Gasteiger partial charge in [-0.3, -0.25) is 9.36 Å². The van der Waals surface area contributed by atoms with Crippen LogP contribution < -0.4 is 11.0 Å². The van der Waals surface area contributed by atoms with Crippen LogP contribution in [0, 0.1) is 5.82 Å². The van der Waals surface area contributed by atoms with Gasteiger partial charge in [0.2, 0.25) is 5.91 Å². The summed E-state index contributed by atoms with van der Waals surface area (Å²) in [4.78, 5) is 24.0.